The van der Waals surface area contributed by atoms with Crippen LogP contribution in [0.5, 0.6) is 5.75 Å². The monoisotopic (exact) mass is 234 g/mol. The molecule has 0 fully saturated rings. The average Bonchev–Trinajstić information content (AvgIpc) is 2.26. The molecule has 2 rings (SSSR count). The molecule has 0 spiro atoms. The van der Waals surface area contributed by atoms with Crippen molar-refractivity contribution in [1.29, 1.82) is 0 Å². The second-order valence-corrected chi connectivity index (χ2v) is 5.02. The summed E-state index contributed by atoms with van der Waals surface area (Å²) in [5.74, 6) is 0.805. The molecule has 0 bridgehead atoms. The number of hydrogen-bond acceptors (Lipinski definition) is 3. The van der Waals surface area contributed by atoms with Crippen LogP contribution in [0, 0.1) is 0 Å². The highest BCUT2D eigenvalue weighted by Crippen LogP contribution is 2.33. The van der Waals surface area contributed by atoms with Gasteiger partial charge in [0, 0.05) is 5.56 Å². The first kappa shape index (κ1) is 12.1. The van der Waals surface area contributed by atoms with Gasteiger partial charge in [-0.25, -0.2) is 0 Å². The van der Waals surface area contributed by atoms with E-state index < -0.39 is 12.2 Å². The number of rotatable bonds is 2. The SMILES string of the molecule is CC(O)C(O)c1ccc2c(c1)C=CC(C)(C)O2. The molecule has 0 amide bonds. The Morgan fingerprint density at radius 2 is 1.94 bits per heavy atom. The molecule has 2 unspecified atom stereocenters. The van der Waals surface area contributed by atoms with Gasteiger partial charge in [-0.2, -0.15) is 0 Å². The summed E-state index contributed by atoms with van der Waals surface area (Å²) in [5.41, 5.74) is 1.34. The van der Waals surface area contributed by atoms with Crippen LogP contribution in [0.2, 0.25) is 0 Å². The van der Waals surface area contributed by atoms with E-state index in [1.807, 2.05) is 38.1 Å². The zero-order valence-electron chi connectivity index (χ0n) is 10.3. The van der Waals surface area contributed by atoms with Crippen molar-refractivity contribution in [3.05, 3.63) is 35.4 Å². The van der Waals surface area contributed by atoms with E-state index in [2.05, 4.69) is 0 Å². The lowest BCUT2D eigenvalue weighted by atomic mass is 9.98. The molecule has 0 aromatic heterocycles. The van der Waals surface area contributed by atoms with Gasteiger partial charge in [0.15, 0.2) is 0 Å². The molecule has 1 aromatic rings. The van der Waals surface area contributed by atoms with Gasteiger partial charge in [0.25, 0.3) is 0 Å². The molecule has 17 heavy (non-hydrogen) atoms. The van der Waals surface area contributed by atoms with Crippen LogP contribution in [-0.4, -0.2) is 21.9 Å². The largest absolute Gasteiger partial charge is 0.483 e. The molecule has 0 saturated heterocycles. The molecule has 3 heteroatoms. The van der Waals surface area contributed by atoms with Crippen LogP contribution in [0.4, 0.5) is 0 Å². The minimum Gasteiger partial charge on any atom is -0.483 e. The van der Waals surface area contributed by atoms with E-state index in [4.69, 9.17) is 4.74 Å². The van der Waals surface area contributed by atoms with Crippen LogP contribution in [0.25, 0.3) is 6.08 Å². The Morgan fingerprint density at radius 1 is 1.24 bits per heavy atom. The first-order valence-corrected chi connectivity index (χ1v) is 5.77. The Hall–Kier alpha value is -1.32. The second-order valence-electron chi connectivity index (χ2n) is 5.02. The van der Waals surface area contributed by atoms with Gasteiger partial charge in [0.05, 0.1) is 6.10 Å². The van der Waals surface area contributed by atoms with Gasteiger partial charge in [-0.1, -0.05) is 12.1 Å². The van der Waals surface area contributed by atoms with Crippen molar-refractivity contribution < 1.29 is 14.9 Å². The Bertz CT molecular complexity index is 447. The Labute approximate surface area is 101 Å². The lowest BCUT2D eigenvalue weighted by molar-refractivity contribution is 0.0304. The first-order valence-electron chi connectivity index (χ1n) is 5.77. The summed E-state index contributed by atoms with van der Waals surface area (Å²) >= 11 is 0. The zero-order chi connectivity index (χ0) is 12.6. The van der Waals surface area contributed by atoms with Gasteiger partial charge in [-0.15, -0.1) is 0 Å². The van der Waals surface area contributed by atoms with Gasteiger partial charge in [0.2, 0.25) is 0 Å². The number of aliphatic hydroxyl groups is 2. The molecule has 2 atom stereocenters. The molecule has 1 aliphatic rings. The number of aliphatic hydroxyl groups excluding tert-OH is 2. The minimum absolute atomic E-state index is 0.294. The molecule has 1 aromatic carbocycles. The number of fused-ring (bicyclic) bond motifs is 1. The third kappa shape index (κ3) is 2.51. The molecule has 92 valence electrons. The molecule has 2 N–H and O–H groups in total. The molecular weight excluding hydrogens is 216 g/mol. The van der Waals surface area contributed by atoms with E-state index in [1.165, 1.54) is 0 Å². The third-order valence-corrected chi connectivity index (χ3v) is 2.87. The predicted molar refractivity (Wildman–Crippen MR) is 66.8 cm³/mol. The summed E-state index contributed by atoms with van der Waals surface area (Å²) in [6.07, 6.45) is 2.33. The molecule has 0 aliphatic carbocycles. The fourth-order valence-electron chi connectivity index (χ4n) is 1.86. The Kier molecular flexibility index (Phi) is 2.98. The number of benzene rings is 1. The van der Waals surface area contributed by atoms with Crippen molar-refractivity contribution in [3.63, 3.8) is 0 Å². The Balaban J connectivity index is 2.34. The van der Waals surface area contributed by atoms with Gasteiger partial charge in [0.1, 0.15) is 17.5 Å². The van der Waals surface area contributed by atoms with Crippen LogP contribution >= 0.6 is 0 Å². The lowest BCUT2D eigenvalue weighted by Crippen LogP contribution is -2.27. The van der Waals surface area contributed by atoms with Crippen LogP contribution < -0.4 is 4.74 Å². The van der Waals surface area contributed by atoms with E-state index in [0.29, 0.717) is 5.56 Å². The smallest absolute Gasteiger partial charge is 0.127 e. The van der Waals surface area contributed by atoms with Crippen molar-refractivity contribution in [1.82, 2.24) is 0 Å². The number of hydrogen-bond donors (Lipinski definition) is 2. The molecule has 1 aliphatic heterocycles. The van der Waals surface area contributed by atoms with E-state index in [0.717, 1.165) is 11.3 Å². The highest BCUT2D eigenvalue weighted by atomic mass is 16.5. The van der Waals surface area contributed by atoms with Crippen LogP contribution in [0.3, 0.4) is 0 Å². The number of ether oxygens (including phenoxy) is 1. The topological polar surface area (TPSA) is 49.7 Å². The lowest BCUT2D eigenvalue weighted by Gasteiger charge is -2.28. The third-order valence-electron chi connectivity index (χ3n) is 2.87. The summed E-state index contributed by atoms with van der Waals surface area (Å²) in [6, 6.07) is 5.46. The average molecular weight is 234 g/mol. The van der Waals surface area contributed by atoms with Crippen molar-refractivity contribution in [2.45, 2.75) is 38.6 Å². The van der Waals surface area contributed by atoms with Crippen LogP contribution in [-0.2, 0) is 0 Å². The summed E-state index contributed by atoms with van der Waals surface area (Å²) < 4.78 is 5.78. The van der Waals surface area contributed by atoms with Crippen LogP contribution in [0.1, 0.15) is 38.0 Å². The van der Waals surface area contributed by atoms with Gasteiger partial charge < -0.3 is 14.9 Å². The fraction of sp³-hybridized carbons (Fsp3) is 0.429. The summed E-state index contributed by atoms with van der Waals surface area (Å²) in [5, 5.41) is 19.1. The van der Waals surface area contributed by atoms with Gasteiger partial charge in [-0.3, -0.25) is 0 Å². The predicted octanol–water partition coefficient (Wildman–Crippen LogP) is 2.29. The van der Waals surface area contributed by atoms with Crippen LogP contribution in [0.15, 0.2) is 24.3 Å². The standard InChI is InChI=1S/C14H18O3/c1-9(15)13(16)11-4-5-12-10(8-11)6-7-14(2,3)17-12/h4-9,13,15-16H,1-3H3. The van der Waals surface area contributed by atoms with E-state index in [-0.39, 0.29) is 5.60 Å². The molecule has 0 radical (unpaired) electrons. The van der Waals surface area contributed by atoms with Crippen molar-refractivity contribution >= 4 is 6.08 Å². The summed E-state index contributed by atoms with van der Waals surface area (Å²) in [7, 11) is 0. The second kappa shape index (κ2) is 4.17. The van der Waals surface area contributed by atoms with Crippen molar-refractivity contribution in [2.75, 3.05) is 0 Å². The summed E-state index contributed by atoms with van der Waals surface area (Å²) in [6.45, 7) is 5.55. The normalized spacial score (nSPS) is 20.3. The maximum atomic E-state index is 9.79. The van der Waals surface area contributed by atoms with Gasteiger partial charge >= 0.3 is 0 Å². The molecule has 0 saturated carbocycles. The molecule has 1 heterocycles. The Morgan fingerprint density at radius 3 is 2.59 bits per heavy atom. The highest BCUT2D eigenvalue weighted by molar-refractivity contribution is 5.62. The van der Waals surface area contributed by atoms with E-state index in [1.54, 1.807) is 13.0 Å². The zero-order valence-corrected chi connectivity index (χ0v) is 10.3. The van der Waals surface area contributed by atoms with Crippen molar-refractivity contribution in [3.8, 4) is 5.75 Å². The maximum absolute atomic E-state index is 9.79. The molecule has 3 nitrogen and oxygen atoms in total. The minimum atomic E-state index is -0.858. The van der Waals surface area contributed by atoms with E-state index in [9.17, 15) is 10.2 Å². The maximum Gasteiger partial charge on any atom is 0.127 e. The first-order chi connectivity index (χ1) is 7.89. The quantitative estimate of drug-likeness (QED) is 0.825. The molecular formula is C14H18O3. The highest BCUT2D eigenvalue weighted by Gasteiger charge is 2.22. The van der Waals surface area contributed by atoms with Crippen molar-refractivity contribution in [2.24, 2.45) is 0 Å². The van der Waals surface area contributed by atoms with E-state index >= 15 is 0 Å². The summed E-state index contributed by atoms with van der Waals surface area (Å²) in [4.78, 5) is 0. The fourth-order valence-corrected chi connectivity index (χ4v) is 1.86. The van der Waals surface area contributed by atoms with Gasteiger partial charge in [-0.05, 0) is 44.5 Å².